The van der Waals surface area contributed by atoms with Gasteiger partial charge < -0.3 is 11.5 Å². The zero-order valence-electron chi connectivity index (χ0n) is 9.26. The Morgan fingerprint density at radius 3 is 2.21 bits per heavy atom. The van der Waals surface area contributed by atoms with Gasteiger partial charge in [-0.3, -0.25) is 0 Å². The summed E-state index contributed by atoms with van der Waals surface area (Å²) in [6.07, 6.45) is 7.31. The lowest BCUT2D eigenvalue weighted by molar-refractivity contribution is 0.448. The van der Waals surface area contributed by atoms with Gasteiger partial charge in [-0.15, -0.1) is 0 Å². The standard InChI is InChI=1S/C11H23N3/c1-2-11(14,10-13)8-6-4-3-5-7-9-12/h2-9,12,14H2,1H3. The molecule has 0 fully saturated rings. The Bertz CT molecular complexity index is 174. The fourth-order valence-electron chi connectivity index (χ4n) is 1.43. The molecule has 0 aliphatic rings. The Kier molecular flexibility index (Phi) is 7.45. The summed E-state index contributed by atoms with van der Waals surface area (Å²) in [6, 6.07) is 2.19. The van der Waals surface area contributed by atoms with Crippen molar-refractivity contribution in [3.63, 3.8) is 0 Å². The van der Waals surface area contributed by atoms with Gasteiger partial charge in [-0.2, -0.15) is 5.26 Å². The predicted molar refractivity (Wildman–Crippen MR) is 59.6 cm³/mol. The van der Waals surface area contributed by atoms with Crippen molar-refractivity contribution in [2.24, 2.45) is 11.5 Å². The van der Waals surface area contributed by atoms with Crippen LogP contribution in [0.25, 0.3) is 0 Å². The molecule has 4 N–H and O–H groups in total. The predicted octanol–water partition coefficient (Wildman–Crippen LogP) is 1.92. The minimum absolute atomic E-state index is 0.589. The second kappa shape index (κ2) is 7.78. The molecule has 3 nitrogen and oxygen atoms in total. The van der Waals surface area contributed by atoms with Gasteiger partial charge in [-0.25, -0.2) is 0 Å². The van der Waals surface area contributed by atoms with Gasteiger partial charge in [0, 0.05) is 0 Å². The molecular weight excluding hydrogens is 174 g/mol. The Balaban J connectivity index is 3.40. The van der Waals surface area contributed by atoms with Crippen LogP contribution < -0.4 is 11.5 Å². The first-order chi connectivity index (χ1) is 6.68. The lowest BCUT2D eigenvalue weighted by Crippen LogP contribution is -2.36. The molecule has 82 valence electrons. The van der Waals surface area contributed by atoms with E-state index < -0.39 is 5.54 Å². The maximum Gasteiger partial charge on any atom is 0.104 e. The normalized spacial score (nSPS) is 14.7. The number of rotatable bonds is 8. The molecule has 0 aromatic heterocycles. The number of hydrogen-bond donors (Lipinski definition) is 2. The van der Waals surface area contributed by atoms with Gasteiger partial charge in [0.05, 0.1) is 6.07 Å². The van der Waals surface area contributed by atoms with Crippen molar-refractivity contribution < 1.29 is 0 Å². The topological polar surface area (TPSA) is 75.8 Å². The Hall–Kier alpha value is -0.590. The Labute approximate surface area is 87.5 Å². The molecule has 0 amide bonds. The number of hydrogen-bond acceptors (Lipinski definition) is 3. The quantitative estimate of drug-likeness (QED) is 0.584. The Morgan fingerprint density at radius 1 is 1.14 bits per heavy atom. The van der Waals surface area contributed by atoms with E-state index in [0.717, 1.165) is 32.2 Å². The third-order valence-electron chi connectivity index (χ3n) is 2.68. The van der Waals surface area contributed by atoms with Crippen molar-refractivity contribution in [2.45, 2.75) is 57.4 Å². The summed E-state index contributed by atoms with van der Waals surface area (Å²) < 4.78 is 0. The van der Waals surface area contributed by atoms with Crippen LogP contribution in [0.4, 0.5) is 0 Å². The van der Waals surface area contributed by atoms with E-state index in [1.807, 2.05) is 6.92 Å². The number of nitrogens with two attached hydrogens (primary N) is 2. The highest BCUT2D eigenvalue weighted by atomic mass is 14.7. The molecule has 0 aromatic carbocycles. The molecule has 0 saturated carbocycles. The van der Waals surface area contributed by atoms with Gasteiger partial charge in [-0.1, -0.05) is 32.6 Å². The average Bonchev–Trinajstić information content (AvgIpc) is 2.23. The molecule has 0 bridgehead atoms. The molecule has 3 heteroatoms. The summed E-state index contributed by atoms with van der Waals surface area (Å²) in [4.78, 5) is 0. The van der Waals surface area contributed by atoms with Crippen molar-refractivity contribution in [1.82, 2.24) is 0 Å². The molecule has 0 rings (SSSR count). The summed E-state index contributed by atoms with van der Waals surface area (Å²) >= 11 is 0. The van der Waals surface area contributed by atoms with Crippen molar-refractivity contribution in [2.75, 3.05) is 6.54 Å². The molecule has 0 aliphatic heterocycles. The number of nitrogens with zero attached hydrogens (tertiary/aromatic N) is 1. The van der Waals surface area contributed by atoms with Gasteiger partial charge in [0.15, 0.2) is 0 Å². The summed E-state index contributed by atoms with van der Waals surface area (Å²) in [5.74, 6) is 0. The molecule has 0 saturated heterocycles. The Morgan fingerprint density at radius 2 is 1.71 bits per heavy atom. The van der Waals surface area contributed by atoms with E-state index in [9.17, 15) is 0 Å². The van der Waals surface area contributed by atoms with Gasteiger partial charge >= 0.3 is 0 Å². The monoisotopic (exact) mass is 197 g/mol. The lowest BCUT2D eigenvalue weighted by atomic mass is 9.92. The minimum Gasteiger partial charge on any atom is -0.330 e. The van der Waals surface area contributed by atoms with Gasteiger partial charge in [0.25, 0.3) is 0 Å². The van der Waals surface area contributed by atoms with E-state index in [2.05, 4.69) is 6.07 Å². The summed E-state index contributed by atoms with van der Waals surface area (Å²) in [6.45, 7) is 2.76. The molecule has 14 heavy (non-hydrogen) atoms. The summed E-state index contributed by atoms with van der Waals surface area (Å²) in [5, 5.41) is 8.83. The van der Waals surface area contributed by atoms with Crippen LogP contribution in [0.5, 0.6) is 0 Å². The van der Waals surface area contributed by atoms with Gasteiger partial charge in [0.2, 0.25) is 0 Å². The maximum absolute atomic E-state index is 8.83. The molecular formula is C11H23N3. The molecule has 1 atom stereocenters. The molecule has 0 heterocycles. The summed E-state index contributed by atoms with van der Waals surface area (Å²) in [7, 11) is 0. The molecule has 0 aliphatic carbocycles. The zero-order valence-corrected chi connectivity index (χ0v) is 9.26. The van der Waals surface area contributed by atoms with Crippen molar-refractivity contribution in [3.05, 3.63) is 0 Å². The zero-order chi connectivity index (χ0) is 10.9. The van der Waals surface area contributed by atoms with E-state index in [-0.39, 0.29) is 0 Å². The van der Waals surface area contributed by atoms with Crippen molar-refractivity contribution in [1.29, 1.82) is 5.26 Å². The highest BCUT2D eigenvalue weighted by Crippen LogP contribution is 2.15. The fraction of sp³-hybridized carbons (Fsp3) is 0.909. The van der Waals surface area contributed by atoms with Crippen LogP contribution in [-0.2, 0) is 0 Å². The largest absolute Gasteiger partial charge is 0.330 e. The molecule has 0 aromatic rings. The fourth-order valence-corrected chi connectivity index (χ4v) is 1.43. The maximum atomic E-state index is 8.83. The van der Waals surface area contributed by atoms with E-state index in [4.69, 9.17) is 16.7 Å². The van der Waals surface area contributed by atoms with Crippen LogP contribution >= 0.6 is 0 Å². The molecule has 0 radical (unpaired) electrons. The lowest BCUT2D eigenvalue weighted by Gasteiger charge is -2.18. The first-order valence-corrected chi connectivity index (χ1v) is 5.58. The van der Waals surface area contributed by atoms with E-state index >= 15 is 0 Å². The average molecular weight is 197 g/mol. The van der Waals surface area contributed by atoms with Crippen LogP contribution in [0.15, 0.2) is 0 Å². The minimum atomic E-state index is -0.589. The van der Waals surface area contributed by atoms with Crippen molar-refractivity contribution >= 4 is 0 Å². The van der Waals surface area contributed by atoms with Crippen molar-refractivity contribution in [3.8, 4) is 6.07 Å². The first kappa shape index (κ1) is 13.4. The SMILES string of the molecule is CCC(N)(C#N)CCCCCCCN. The van der Waals surface area contributed by atoms with Crippen LogP contribution in [0, 0.1) is 11.3 Å². The summed E-state index contributed by atoms with van der Waals surface area (Å²) in [5.41, 5.74) is 10.7. The molecule has 1 unspecified atom stereocenters. The van der Waals surface area contributed by atoms with Crippen LogP contribution in [-0.4, -0.2) is 12.1 Å². The van der Waals surface area contributed by atoms with Gasteiger partial charge in [-0.05, 0) is 25.8 Å². The van der Waals surface area contributed by atoms with E-state index in [1.165, 1.54) is 19.3 Å². The second-order valence-corrected chi connectivity index (χ2v) is 3.93. The number of unbranched alkanes of at least 4 members (excludes halogenated alkanes) is 4. The highest BCUT2D eigenvalue weighted by molar-refractivity contribution is 5.03. The molecule has 0 spiro atoms. The second-order valence-electron chi connectivity index (χ2n) is 3.93. The smallest absolute Gasteiger partial charge is 0.104 e. The van der Waals surface area contributed by atoms with E-state index in [1.54, 1.807) is 0 Å². The van der Waals surface area contributed by atoms with Gasteiger partial charge in [0.1, 0.15) is 5.54 Å². The third-order valence-corrected chi connectivity index (χ3v) is 2.68. The van der Waals surface area contributed by atoms with Crippen LogP contribution in [0.2, 0.25) is 0 Å². The number of nitriles is 1. The first-order valence-electron chi connectivity index (χ1n) is 5.58. The van der Waals surface area contributed by atoms with E-state index in [0.29, 0.717) is 0 Å². The highest BCUT2D eigenvalue weighted by Gasteiger charge is 2.20. The van der Waals surface area contributed by atoms with Crippen LogP contribution in [0.1, 0.15) is 51.9 Å². The third kappa shape index (κ3) is 5.95. The van der Waals surface area contributed by atoms with Crippen LogP contribution in [0.3, 0.4) is 0 Å².